The Morgan fingerprint density at radius 2 is 2.21 bits per heavy atom. The minimum absolute atomic E-state index is 0.0312. The van der Waals surface area contributed by atoms with Gasteiger partial charge in [-0.05, 0) is 24.5 Å². The van der Waals surface area contributed by atoms with Gasteiger partial charge in [-0.1, -0.05) is 0 Å². The molecule has 0 radical (unpaired) electrons. The molecule has 9 heteroatoms. The summed E-state index contributed by atoms with van der Waals surface area (Å²) in [7, 11) is -6.65. The second-order valence-electron chi connectivity index (χ2n) is 4.35. The van der Waals surface area contributed by atoms with Crippen LogP contribution in [0.1, 0.15) is 11.3 Å². The highest BCUT2D eigenvalue weighted by Crippen LogP contribution is 2.22. The lowest BCUT2D eigenvalue weighted by Crippen LogP contribution is -2.29. The van der Waals surface area contributed by atoms with Gasteiger partial charge in [0.05, 0.1) is 11.5 Å². The predicted octanol–water partition coefficient (Wildman–Crippen LogP) is 0.333. The number of nitrogens with zero attached hydrogens (tertiary/aromatic N) is 1. The van der Waals surface area contributed by atoms with Gasteiger partial charge in [-0.25, -0.2) is 21.6 Å². The fraction of sp³-hybridized carbons (Fsp3) is 0.500. The monoisotopic (exact) mass is 320 g/mol. The van der Waals surface area contributed by atoms with E-state index in [0.29, 0.717) is 11.3 Å². The Bertz CT molecular complexity index is 712. The van der Waals surface area contributed by atoms with E-state index >= 15 is 0 Å². The van der Waals surface area contributed by atoms with Gasteiger partial charge in [0.2, 0.25) is 10.0 Å². The molecule has 0 aliphatic carbocycles. The van der Waals surface area contributed by atoms with Crippen LogP contribution in [0.5, 0.6) is 0 Å². The summed E-state index contributed by atoms with van der Waals surface area (Å²) in [6.07, 6.45) is 0.485. The van der Waals surface area contributed by atoms with E-state index in [1.807, 2.05) is 6.07 Å². The highest BCUT2D eigenvalue weighted by molar-refractivity contribution is 7.92. The molecule has 0 aromatic carbocycles. The lowest BCUT2D eigenvalue weighted by atomic mass is 10.1. The fourth-order valence-electron chi connectivity index (χ4n) is 1.86. The minimum Gasteiger partial charge on any atom is -0.229 e. The lowest BCUT2D eigenvalue weighted by Gasteiger charge is -2.08. The van der Waals surface area contributed by atoms with Gasteiger partial charge in [-0.2, -0.15) is 5.26 Å². The molecule has 0 saturated carbocycles. The maximum atomic E-state index is 11.9. The number of nitriles is 1. The van der Waals surface area contributed by atoms with Crippen LogP contribution in [-0.4, -0.2) is 34.9 Å². The molecule has 2 rings (SSSR count). The average Bonchev–Trinajstić information content (AvgIpc) is 2.93. The highest BCUT2D eigenvalue weighted by atomic mass is 32.2. The van der Waals surface area contributed by atoms with Crippen molar-refractivity contribution < 1.29 is 16.8 Å². The Labute approximate surface area is 116 Å². The van der Waals surface area contributed by atoms with Gasteiger partial charge in [0.15, 0.2) is 9.84 Å². The zero-order chi connectivity index (χ0) is 14.1. The summed E-state index contributed by atoms with van der Waals surface area (Å²) in [5.41, 5.74) is 0. The first kappa shape index (κ1) is 14.5. The van der Waals surface area contributed by atoms with Gasteiger partial charge in [-0.15, -0.1) is 11.3 Å². The van der Waals surface area contributed by atoms with E-state index in [9.17, 15) is 16.8 Å². The number of hydrogen-bond donors (Lipinski definition) is 1. The highest BCUT2D eigenvalue weighted by Gasteiger charge is 2.29. The third kappa shape index (κ3) is 3.54. The van der Waals surface area contributed by atoms with Gasteiger partial charge >= 0.3 is 0 Å². The van der Waals surface area contributed by atoms with E-state index in [-0.39, 0.29) is 28.2 Å². The molecule has 1 aliphatic heterocycles. The average molecular weight is 320 g/mol. The summed E-state index contributed by atoms with van der Waals surface area (Å²) in [5.74, 6) is -0.0180. The third-order valence-corrected chi connectivity index (χ3v) is 7.59. The van der Waals surface area contributed by atoms with E-state index in [2.05, 4.69) is 4.72 Å². The summed E-state index contributed by atoms with van der Waals surface area (Å²) in [5, 5.41) is 8.66. The molecule has 1 aliphatic rings. The first-order valence-electron chi connectivity index (χ1n) is 5.52. The van der Waals surface area contributed by atoms with Gasteiger partial charge < -0.3 is 0 Å². The van der Waals surface area contributed by atoms with E-state index < -0.39 is 19.9 Å². The van der Waals surface area contributed by atoms with E-state index in [1.54, 1.807) is 0 Å². The summed E-state index contributed by atoms with van der Waals surface area (Å²) < 4.78 is 48.8. The quantitative estimate of drug-likeness (QED) is 0.861. The van der Waals surface area contributed by atoms with Crippen LogP contribution in [0, 0.1) is 17.2 Å². The third-order valence-electron chi connectivity index (χ3n) is 2.85. The zero-order valence-corrected chi connectivity index (χ0v) is 12.3. The number of hydrogen-bond acceptors (Lipinski definition) is 6. The molecule has 1 aromatic heterocycles. The topological polar surface area (TPSA) is 104 Å². The second-order valence-corrected chi connectivity index (χ2v) is 9.66. The second kappa shape index (κ2) is 5.20. The van der Waals surface area contributed by atoms with Crippen LogP contribution < -0.4 is 4.72 Å². The van der Waals surface area contributed by atoms with Crippen LogP contribution in [0.25, 0.3) is 0 Å². The molecule has 1 N–H and O–H groups in total. The van der Waals surface area contributed by atoms with Crippen molar-refractivity contribution in [3.05, 3.63) is 17.0 Å². The van der Waals surface area contributed by atoms with Crippen LogP contribution in [0.4, 0.5) is 0 Å². The molecule has 2 heterocycles. The van der Waals surface area contributed by atoms with Crippen molar-refractivity contribution in [1.29, 1.82) is 5.26 Å². The largest absolute Gasteiger partial charge is 0.250 e. The molecule has 0 spiro atoms. The Morgan fingerprint density at radius 1 is 1.47 bits per heavy atom. The Kier molecular flexibility index (Phi) is 3.96. The van der Waals surface area contributed by atoms with Crippen LogP contribution in [0.3, 0.4) is 0 Å². The Morgan fingerprint density at radius 3 is 2.74 bits per heavy atom. The number of sulfone groups is 1. The molecular formula is C10H12N2O4S3. The molecule has 0 amide bonds. The van der Waals surface area contributed by atoms with Crippen molar-refractivity contribution in [2.75, 3.05) is 18.1 Å². The van der Waals surface area contributed by atoms with Crippen molar-refractivity contribution in [3.63, 3.8) is 0 Å². The molecule has 19 heavy (non-hydrogen) atoms. The van der Waals surface area contributed by atoms with E-state index in [1.165, 1.54) is 12.1 Å². The van der Waals surface area contributed by atoms with E-state index in [0.717, 1.165) is 11.3 Å². The number of thiophene rings is 1. The predicted molar refractivity (Wildman–Crippen MR) is 71.0 cm³/mol. The maximum Gasteiger partial charge on any atom is 0.250 e. The first-order chi connectivity index (χ1) is 8.82. The van der Waals surface area contributed by atoms with Crippen LogP contribution in [0.15, 0.2) is 16.3 Å². The Hall–Kier alpha value is -0.950. The van der Waals surface area contributed by atoms with E-state index in [4.69, 9.17) is 5.26 Å². The van der Waals surface area contributed by atoms with Crippen molar-refractivity contribution in [2.45, 2.75) is 10.6 Å². The van der Waals surface area contributed by atoms with Crippen molar-refractivity contribution in [3.8, 4) is 6.07 Å². The first-order valence-corrected chi connectivity index (χ1v) is 9.64. The molecule has 0 bridgehead atoms. The minimum atomic E-state index is -3.65. The molecule has 1 aromatic rings. The zero-order valence-electron chi connectivity index (χ0n) is 9.87. The van der Waals surface area contributed by atoms with Crippen LogP contribution in [-0.2, 0) is 19.9 Å². The molecule has 1 atom stereocenters. The number of sulfonamides is 1. The lowest BCUT2D eigenvalue weighted by molar-refractivity contribution is 0.544. The molecule has 1 saturated heterocycles. The smallest absolute Gasteiger partial charge is 0.229 e. The van der Waals surface area contributed by atoms with Gasteiger partial charge in [0.25, 0.3) is 0 Å². The standard InChI is InChI=1S/C10H12N2O4S3/c11-5-9-1-2-10(17-9)19(15,16)12-6-8-3-4-18(13,14)7-8/h1-2,8,12H,3-4,6-7H2. The Balaban J connectivity index is 2.01. The summed E-state index contributed by atoms with van der Waals surface area (Å²) >= 11 is 0.892. The number of nitrogens with one attached hydrogen (secondary N) is 1. The molecular weight excluding hydrogens is 308 g/mol. The molecule has 6 nitrogen and oxygen atoms in total. The van der Waals surface area contributed by atoms with Gasteiger partial charge in [0, 0.05) is 6.54 Å². The molecule has 104 valence electrons. The van der Waals surface area contributed by atoms with Crippen molar-refractivity contribution in [1.82, 2.24) is 4.72 Å². The van der Waals surface area contributed by atoms with Crippen molar-refractivity contribution in [2.24, 2.45) is 5.92 Å². The van der Waals surface area contributed by atoms with Crippen LogP contribution in [0.2, 0.25) is 0 Å². The van der Waals surface area contributed by atoms with Gasteiger partial charge in [-0.3, -0.25) is 0 Å². The fourth-order valence-corrected chi connectivity index (χ4v) is 5.98. The maximum absolute atomic E-state index is 11.9. The van der Waals surface area contributed by atoms with Crippen molar-refractivity contribution >= 4 is 31.2 Å². The number of rotatable bonds is 4. The summed E-state index contributed by atoms with van der Waals surface area (Å²) in [6, 6.07) is 4.69. The summed E-state index contributed by atoms with van der Waals surface area (Å²) in [6.45, 7) is 0.112. The normalized spacial score (nSPS) is 22.2. The van der Waals surface area contributed by atoms with Gasteiger partial charge in [0.1, 0.15) is 15.2 Å². The molecule has 1 fully saturated rings. The molecule has 1 unspecified atom stereocenters. The summed E-state index contributed by atoms with van der Waals surface area (Å²) in [4.78, 5) is 0.323. The SMILES string of the molecule is N#Cc1ccc(S(=O)(=O)NCC2CCS(=O)(=O)C2)s1. The van der Waals surface area contributed by atoms with Crippen LogP contribution >= 0.6 is 11.3 Å².